The number of rotatable bonds is 5. The normalized spacial score (nSPS) is 12.1. The van der Waals surface area contributed by atoms with Crippen LogP contribution in [-0.4, -0.2) is 31.1 Å². The van der Waals surface area contributed by atoms with Crippen molar-refractivity contribution in [3.05, 3.63) is 53.6 Å². The molecular weight excluding hydrogens is 386 g/mol. The highest BCUT2D eigenvalue weighted by Gasteiger charge is 2.16. The molecule has 0 aromatic heterocycles. The van der Waals surface area contributed by atoms with Crippen molar-refractivity contribution in [1.29, 1.82) is 0 Å². The molecule has 2 aromatic carbocycles. The first-order valence-electron chi connectivity index (χ1n) is 6.57. The van der Waals surface area contributed by atoms with Gasteiger partial charge in [-0.05, 0) is 41.5 Å². The molecule has 0 aliphatic heterocycles. The van der Waals surface area contributed by atoms with Gasteiger partial charge in [-0.2, -0.15) is 21.8 Å². The highest BCUT2D eigenvalue weighted by molar-refractivity contribution is 7.86. The lowest BCUT2D eigenvalue weighted by molar-refractivity contribution is 0.480. The monoisotopic (exact) mass is 397 g/mol. The van der Waals surface area contributed by atoms with Crippen molar-refractivity contribution >= 4 is 55.5 Å². The molecule has 0 bridgehead atoms. The fourth-order valence-corrected chi connectivity index (χ4v) is 3.53. The summed E-state index contributed by atoms with van der Waals surface area (Å²) < 4.78 is 64.4. The van der Waals surface area contributed by atoms with Crippen molar-refractivity contribution in [1.82, 2.24) is 0 Å². The van der Waals surface area contributed by atoms with Gasteiger partial charge >= 0.3 is 0 Å². The van der Waals surface area contributed by atoms with Gasteiger partial charge < -0.3 is 0 Å². The number of nitrogens with zero attached hydrogens (tertiary/aromatic N) is 1. The SMILES string of the molecule is O=S(=O)(O)c1ccccc1/C=C/c1ccc(N=C=S)cc1S(=O)(=O)O. The lowest BCUT2D eigenvalue weighted by Crippen LogP contribution is -2.01. The van der Waals surface area contributed by atoms with Gasteiger partial charge in [0.2, 0.25) is 0 Å². The van der Waals surface area contributed by atoms with E-state index in [0.29, 0.717) is 0 Å². The number of hydrogen-bond donors (Lipinski definition) is 2. The Kier molecular flexibility index (Phi) is 5.63. The van der Waals surface area contributed by atoms with Crippen LogP contribution >= 0.6 is 12.2 Å². The number of aliphatic imine (C=N–C) groups is 1. The first kappa shape index (κ1) is 19.1. The van der Waals surface area contributed by atoms with Crippen LogP contribution in [0.15, 0.2) is 57.2 Å². The van der Waals surface area contributed by atoms with Crippen molar-refractivity contribution < 1.29 is 25.9 Å². The molecular formula is C15H11NO6S3. The van der Waals surface area contributed by atoms with E-state index >= 15 is 0 Å². The first-order chi connectivity index (χ1) is 11.6. The maximum Gasteiger partial charge on any atom is 0.295 e. The molecule has 2 rings (SSSR count). The van der Waals surface area contributed by atoms with E-state index in [2.05, 4.69) is 22.4 Å². The predicted molar refractivity (Wildman–Crippen MR) is 96.1 cm³/mol. The molecule has 0 aliphatic carbocycles. The summed E-state index contributed by atoms with van der Waals surface area (Å²) in [7, 11) is -9.00. The van der Waals surface area contributed by atoms with Crippen molar-refractivity contribution in [2.45, 2.75) is 9.79 Å². The molecule has 0 spiro atoms. The quantitative estimate of drug-likeness (QED) is 0.344. The van der Waals surface area contributed by atoms with Gasteiger partial charge in [-0.25, -0.2) is 0 Å². The maximum atomic E-state index is 11.5. The Balaban J connectivity index is 2.59. The highest BCUT2D eigenvalue weighted by Crippen LogP contribution is 2.25. The summed E-state index contributed by atoms with van der Waals surface area (Å²) in [5, 5.41) is 2.08. The standard InChI is InChI=1S/C15H11NO6S3/c17-24(18,19)14-4-2-1-3-11(14)5-6-12-7-8-13(16-10-23)9-15(12)25(20,21)22/h1-9H,(H,17,18,19)(H,20,21,22)/b6-5+. The summed E-state index contributed by atoms with van der Waals surface area (Å²) in [6, 6.07) is 9.53. The second-order valence-corrected chi connectivity index (χ2v) is 7.71. The lowest BCUT2D eigenvalue weighted by atomic mass is 10.1. The molecule has 0 atom stereocenters. The minimum atomic E-state index is -4.56. The zero-order chi connectivity index (χ0) is 18.7. The van der Waals surface area contributed by atoms with Crippen molar-refractivity contribution in [3.63, 3.8) is 0 Å². The molecule has 0 saturated heterocycles. The summed E-state index contributed by atoms with van der Waals surface area (Å²) in [6.07, 6.45) is 2.59. The van der Waals surface area contributed by atoms with E-state index in [4.69, 9.17) is 0 Å². The molecule has 0 radical (unpaired) electrons. The highest BCUT2D eigenvalue weighted by atomic mass is 32.2. The van der Waals surface area contributed by atoms with Gasteiger partial charge in [-0.15, -0.1) is 0 Å². The zero-order valence-corrected chi connectivity index (χ0v) is 14.8. The average Bonchev–Trinajstić information content (AvgIpc) is 2.52. The van der Waals surface area contributed by atoms with Gasteiger partial charge in [0.1, 0.15) is 9.79 Å². The molecule has 25 heavy (non-hydrogen) atoms. The molecule has 2 aromatic rings. The minimum absolute atomic E-state index is 0.0935. The topological polar surface area (TPSA) is 121 Å². The second kappa shape index (κ2) is 7.36. The number of benzene rings is 2. The van der Waals surface area contributed by atoms with Crippen LogP contribution in [-0.2, 0) is 20.2 Å². The van der Waals surface area contributed by atoms with Crippen molar-refractivity contribution in [3.8, 4) is 0 Å². The fraction of sp³-hybridized carbons (Fsp3) is 0. The van der Waals surface area contributed by atoms with Crippen LogP contribution in [0.3, 0.4) is 0 Å². The van der Waals surface area contributed by atoms with Crippen LogP contribution in [0, 0.1) is 0 Å². The molecule has 0 saturated carbocycles. The molecule has 130 valence electrons. The van der Waals surface area contributed by atoms with Crippen LogP contribution in [0.25, 0.3) is 12.2 Å². The Bertz CT molecular complexity index is 1100. The van der Waals surface area contributed by atoms with Gasteiger partial charge in [-0.1, -0.05) is 36.4 Å². The lowest BCUT2D eigenvalue weighted by Gasteiger charge is -2.05. The third kappa shape index (κ3) is 4.89. The maximum absolute atomic E-state index is 11.5. The fourth-order valence-electron chi connectivity index (χ4n) is 2.04. The van der Waals surface area contributed by atoms with Crippen LogP contribution in [0.1, 0.15) is 11.1 Å². The Labute approximate surface area is 149 Å². The zero-order valence-electron chi connectivity index (χ0n) is 12.4. The molecule has 0 heterocycles. The molecule has 0 aliphatic rings. The molecule has 7 nitrogen and oxygen atoms in total. The Morgan fingerprint density at radius 3 is 2.00 bits per heavy atom. The van der Waals surface area contributed by atoms with E-state index in [-0.39, 0.29) is 21.7 Å². The third-order valence-electron chi connectivity index (χ3n) is 3.09. The van der Waals surface area contributed by atoms with Gasteiger partial charge in [0.05, 0.1) is 10.8 Å². The van der Waals surface area contributed by atoms with Gasteiger partial charge in [0.25, 0.3) is 20.2 Å². The van der Waals surface area contributed by atoms with E-state index in [1.807, 2.05) is 0 Å². The van der Waals surface area contributed by atoms with E-state index in [0.717, 1.165) is 6.07 Å². The van der Waals surface area contributed by atoms with Crippen molar-refractivity contribution in [2.24, 2.45) is 4.99 Å². The number of hydrogen-bond acceptors (Lipinski definition) is 6. The first-order valence-corrected chi connectivity index (χ1v) is 9.86. The average molecular weight is 397 g/mol. The summed E-state index contributed by atoms with van der Waals surface area (Å²) in [6.45, 7) is 0. The van der Waals surface area contributed by atoms with Crippen LogP contribution < -0.4 is 0 Å². The summed E-state index contributed by atoms with van der Waals surface area (Å²) in [5.41, 5.74) is 0.418. The molecule has 0 fully saturated rings. The molecule has 10 heteroatoms. The number of isothiocyanates is 1. The summed E-state index contributed by atoms with van der Waals surface area (Å²) in [4.78, 5) is 2.88. The molecule has 0 amide bonds. The smallest absolute Gasteiger partial charge is 0.282 e. The Morgan fingerprint density at radius 2 is 1.44 bits per heavy atom. The van der Waals surface area contributed by atoms with E-state index in [1.54, 1.807) is 6.07 Å². The third-order valence-corrected chi connectivity index (χ3v) is 5.02. The van der Waals surface area contributed by atoms with Gasteiger partial charge in [0, 0.05) is 0 Å². The van der Waals surface area contributed by atoms with E-state index in [9.17, 15) is 25.9 Å². The van der Waals surface area contributed by atoms with Crippen molar-refractivity contribution in [2.75, 3.05) is 0 Å². The predicted octanol–water partition coefficient (Wildman–Crippen LogP) is 3.08. The summed E-state index contributed by atoms with van der Waals surface area (Å²) >= 11 is 4.44. The Hall–Kier alpha value is -2.20. The van der Waals surface area contributed by atoms with Gasteiger partial charge in [-0.3, -0.25) is 9.11 Å². The summed E-state index contributed by atoms with van der Waals surface area (Å²) in [5.74, 6) is 0. The van der Waals surface area contributed by atoms with Gasteiger partial charge in [0.15, 0.2) is 0 Å². The van der Waals surface area contributed by atoms with E-state index < -0.39 is 25.1 Å². The second-order valence-electron chi connectivity index (χ2n) is 4.75. The number of thiocarbonyl (C=S) groups is 1. The van der Waals surface area contributed by atoms with E-state index in [1.165, 1.54) is 42.5 Å². The largest absolute Gasteiger partial charge is 0.295 e. The Morgan fingerprint density at radius 1 is 0.880 bits per heavy atom. The minimum Gasteiger partial charge on any atom is -0.282 e. The van der Waals surface area contributed by atoms with Crippen LogP contribution in [0.5, 0.6) is 0 Å². The van der Waals surface area contributed by atoms with Crippen LogP contribution in [0.4, 0.5) is 5.69 Å². The molecule has 0 unspecified atom stereocenters. The molecule has 2 N–H and O–H groups in total. The van der Waals surface area contributed by atoms with Crippen LogP contribution in [0.2, 0.25) is 0 Å².